The number of ether oxygens (including phenoxy) is 1. The van der Waals surface area contributed by atoms with Crippen LogP contribution in [0.1, 0.15) is 74.8 Å². The normalized spacial score (nSPS) is 13.2. The monoisotopic (exact) mass is 1120 g/mol. The molecule has 0 amide bonds. The van der Waals surface area contributed by atoms with Gasteiger partial charge in [-0.2, -0.15) is 6.07 Å². The Hall–Kier alpha value is -7.40. The van der Waals surface area contributed by atoms with Crippen LogP contribution in [0.25, 0.3) is 82.1 Å². The zero-order chi connectivity index (χ0) is 50.6. The van der Waals surface area contributed by atoms with Crippen LogP contribution in [0.5, 0.6) is 11.5 Å². The molecule has 360 valence electrons. The van der Waals surface area contributed by atoms with Crippen LogP contribution < -0.4 is 9.64 Å². The number of hydrogen-bond acceptors (Lipinski definition) is 4. The van der Waals surface area contributed by atoms with Gasteiger partial charge in [0.2, 0.25) is 0 Å². The van der Waals surface area contributed by atoms with Gasteiger partial charge in [-0.05, 0) is 137 Å². The number of aromatic nitrogens is 4. The van der Waals surface area contributed by atoms with E-state index in [4.69, 9.17) is 14.7 Å². The smallest absolute Gasteiger partial charge is 0.135 e. The molecule has 7 aromatic carbocycles. The number of rotatable bonds is 7. The first-order valence-corrected chi connectivity index (χ1v) is 24.6. The summed E-state index contributed by atoms with van der Waals surface area (Å²) in [4.78, 5) is 11.8. The second kappa shape index (κ2) is 18.0. The largest absolute Gasteiger partial charge is 0.508 e. The summed E-state index contributed by atoms with van der Waals surface area (Å²) in [6.45, 7) is 19.3. The predicted octanol–water partition coefficient (Wildman–Crippen LogP) is 17.1. The van der Waals surface area contributed by atoms with E-state index in [0.717, 1.165) is 93.4 Å². The van der Waals surface area contributed by atoms with Gasteiger partial charge in [-0.1, -0.05) is 188 Å². The van der Waals surface area contributed by atoms with E-state index in [1.165, 1.54) is 5.56 Å². The minimum Gasteiger partial charge on any atom is -0.508 e. The van der Waals surface area contributed by atoms with Gasteiger partial charge < -0.3 is 23.8 Å². The van der Waals surface area contributed by atoms with Gasteiger partial charge in [-0.15, -0.1) is 23.6 Å². The van der Waals surface area contributed by atoms with Gasteiger partial charge in [0.25, 0.3) is 0 Å². The van der Waals surface area contributed by atoms with Crippen LogP contribution in [0.15, 0.2) is 170 Å². The van der Waals surface area contributed by atoms with Gasteiger partial charge in [-0.3, -0.25) is 0 Å². The Bertz CT molecular complexity index is 4100. The zero-order valence-corrected chi connectivity index (χ0v) is 44.1. The Kier molecular flexibility index (Phi) is 11.1. The average Bonchev–Trinajstić information content (AvgIpc) is 3.96. The van der Waals surface area contributed by atoms with Gasteiger partial charge >= 0.3 is 0 Å². The summed E-state index contributed by atoms with van der Waals surface area (Å²) in [6.07, 6.45) is 3.86. The maximum Gasteiger partial charge on any atom is 0.135 e. The third-order valence-electron chi connectivity index (χ3n) is 13.8. The van der Waals surface area contributed by atoms with E-state index < -0.39 is 6.37 Å². The van der Waals surface area contributed by atoms with Gasteiger partial charge in [0, 0.05) is 52.7 Å². The van der Waals surface area contributed by atoms with Crippen molar-refractivity contribution >= 4 is 76.5 Å². The number of fused-ring (bicyclic) bond motifs is 10. The quantitative estimate of drug-likeness (QED) is 0.149. The summed E-state index contributed by atoms with van der Waals surface area (Å²) in [5, 5.41) is 8.79. The number of anilines is 2. The summed E-state index contributed by atoms with van der Waals surface area (Å²) >= 11 is 0. The topological polar surface area (TPSA) is 48.1 Å². The van der Waals surface area contributed by atoms with Crippen molar-refractivity contribution in [2.24, 2.45) is 5.92 Å². The van der Waals surface area contributed by atoms with Crippen molar-refractivity contribution in [1.82, 2.24) is 19.1 Å². The first-order valence-electron chi connectivity index (χ1n) is 25.6. The van der Waals surface area contributed by atoms with Crippen molar-refractivity contribution in [2.75, 3.05) is 4.90 Å². The fraction of sp³-hybridized carbons (Fsp3) is 0.185. The molecule has 4 aromatic heterocycles. The Labute approximate surface area is 439 Å². The van der Waals surface area contributed by atoms with Crippen LogP contribution >= 0.6 is 0 Å². The third kappa shape index (κ3) is 8.16. The Morgan fingerprint density at radius 2 is 1.25 bits per heavy atom. The summed E-state index contributed by atoms with van der Waals surface area (Å²) < 4.78 is 30.0. The van der Waals surface area contributed by atoms with Gasteiger partial charge in [-0.25, -0.2) is 4.98 Å². The molecule has 0 unspecified atom stereocenters. The molecule has 0 spiro atoms. The molecule has 1 aliphatic heterocycles. The molecule has 0 N–H and O–H groups in total. The van der Waals surface area contributed by atoms with E-state index in [1.807, 2.05) is 32.3 Å². The molecule has 1 aliphatic rings. The van der Waals surface area contributed by atoms with Crippen molar-refractivity contribution in [3.05, 3.63) is 206 Å². The van der Waals surface area contributed by atoms with Crippen LogP contribution in [0.2, 0.25) is 0 Å². The molecule has 0 saturated carbocycles. The molecule has 72 heavy (non-hydrogen) atoms. The molecule has 6 nitrogen and oxygen atoms in total. The Morgan fingerprint density at radius 3 is 1.94 bits per heavy atom. The molecule has 5 heterocycles. The van der Waals surface area contributed by atoms with Crippen LogP contribution in [0.3, 0.4) is 0 Å². The summed E-state index contributed by atoms with van der Waals surface area (Å²) in [7, 11) is 0. The fourth-order valence-electron chi connectivity index (χ4n) is 10.4. The molecule has 0 fully saturated rings. The number of pyridine rings is 2. The second-order valence-electron chi connectivity index (χ2n) is 21.1. The number of nitrogens with zero attached hydrogens (tertiary/aromatic N) is 5. The molecule has 0 radical (unpaired) electrons. The Morgan fingerprint density at radius 1 is 0.611 bits per heavy atom. The maximum absolute atomic E-state index is 9.37. The van der Waals surface area contributed by atoms with Crippen LogP contribution in [0, 0.1) is 24.7 Å². The summed E-state index contributed by atoms with van der Waals surface area (Å²) in [5.74, 6) is 1.56. The van der Waals surface area contributed by atoms with Gasteiger partial charge in [0.1, 0.15) is 5.82 Å². The van der Waals surface area contributed by atoms with E-state index >= 15 is 0 Å². The van der Waals surface area contributed by atoms with E-state index in [-0.39, 0.29) is 37.8 Å². The van der Waals surface area contributed by atoms with Crippen molar-refractivity contribution < 1.29 is 28.5 Å². The first-order chi connectivity index (χ1) is 35.0. The standard InChI is InChI=1S/C65H56N5O.Pt/c1-41(2)31-42-32-43(34-45(33-42)65(6,7)8)49-22-15-23-56-52-19-11-9-17-50(52)51-18-10-12-20-53(51)57-24-16-26-59-63(57)69(62(49)56)40-68(59)46-36-48(39-66-38-46)71-47-27-28-55-54-21-13-14-25-58(54)70(60(55)37-47)61-35-44(29-30-67-61)64(3,4)5;/h9-30,32-35,38-41H,31H2,1-8H3;/q-3;/i31D2;. The van der Waals surface area contributed by atoms with Crippen molar-refractivity contribution in [1.29, 1.82) is 0 Å². The van der Waals surface area contributed by atoms with Crippen LogP contribution in [-0.4, -0.2) is 19.1 Å². The molecule has 0 saturated heterocycles. The van der Waals surface area contributed by atoms with Crippen molar-refractivity contribution in [2.45, 2.75) is 72.6 Å². The minimum absolute atomic E-state index is 0. The summed E-state index contributed by atoms with van der Waals surface area (Å²) in [5.41, 5.74) is 10.2. The van der Waals surface area contributed by atoms with E-state index in [1.54, 1.807) is 6.20 Å². The van der Waals surface area contributed by atoms with Gasteiger partial charge in [0.05, 0.1) is 0 Å². The number of benzene rings is 7. The average molecular weight is 1120 g/mol. The molecular formula is C65H56N5OPt-3. The first kappa shape index (κ1) is 44.5. The Balaban J connectivity index is 0.00000588. The predicted molar refractivity (Wildman–Crippen MR) is 296 cm³/mol. The molecule has 12 rings (SSSR count). The van der Waals surface area contributed by atoms with E-state index in [0.29, 0.717) is 22.7 Å². The van der Waals surface area contributed by atoms with Crippen molar-refractivity contribution in [3.8, 4) is 28.4 Å². The van der Waals surface area contributed by atoms with Crippen molar-refractivity contribution in [3.63, 3.8) is 0 Å². The number of para-hydroxylation sites is 3. The molecular weight excluding hydrogens is 1060 g/mol. The maximum atomic E-state index is 9.37. The van der Waals surface area contributed by atoms with Gasteiger partial charge in [0.15, 0.2) is 0 Å². The van der Waals surface area contributed by atoms with Crippen LogP contribution in [-0.2, 0) is 38.3 Å². The molecule has 7 heteroatoms. The summed E-state index contributed by atoms with van der Waals surface area (Å²) in [6, 6.07) is 60.8. The fourth-order valence-corrected chi connectivity index (χ4v) is 10.4. The SMILES string of the molecule is [2H]C([2H])(c1cc(-c2cccc3c4ccccc4c4ccccc4c4cccc5c4n(c23)[CH-]N5c2[c-]c(Oc3[c-]c4c(cc3)c3ccccc3n4-c3cc(C(C)(C)C)ccn3)cnc2)cc(C(C)(C)C)c1)C(C)C.[Pt]. The number of hydrogen-bond donors (Lipinski definition) is 0. The molecule has 0 atom stereocenters. The minimum atomic E-state index is -1.56. The molecule has 0 bridgehead atoms. The van der Waals surface area contributed by atoms with Crippen LogP contribution in [0.4, 0.5) is 11.4 Å². The molecule has 11 aromatic rings. The van der Waals surface area contributed by atoms with E-state index in [9.17, 15) is 2.74 Å². The van der Waals surface area contributed by atoms with E-state index in [2.05, 4.69) is 220 Å². The third-order valence-corrected chi connectivity index (χ3v) is 13.8. The zero-order valence-electron chi connectivity index (χ0n) is 43.8. The molecule has 0 aliphatic carbocycles. The second-order valence-corrected chi connectivity index (χ2v) is 21.1.